The maximum Gasteiger partial charge on any atom is 0.340 e. The molecule has 0 saturated heterocycles. The Bertz CT molecular complexity index is 662. The van der Waals surface area contributed by atoms with Crippen molar-refractivity contribution in [2.45, 2.75) is 39.2 Å². The molecule has 2 aromatic rings. The SMILES string of the molecule is CC(C)(C)OC(=O)c1csc2c1-c1ccccc1CC2. The van der Waals surface area contributed by atoms with Gasteiger partial charge < -0.3 is 4.74 Å². The van der Waals surface area contributed by atoms with Gasteiger partial charge in [-0.05, 0) is 44.7 Å². The Morgan fingerprint density at radius 3 is 2.70 bits per heavy atom. The first-order valence-corrected chi connectivity index (χ1v) is 7.75. The summed E-state index contributed by atoms with van der Waals surface area (Å²) in [6.45, 7) is 5.70. The van der Waals surface area contributed by atoms with Gasteiger partial charge in [-0.25, -0.2) is 4.79 Å². The van der Waals surface area contributed by atoms with E-state index in [0.29, 0.717) is 5.56 Å². The highest BCUT2D eigenvalue weighted by molar-refractivity contribution is 7.10. The largest absolute Gasteiger partial charge is 0.456 e. The Balaban J connectivity index is 2.06. The van der Waals surface area contributed by atoms with Crippen molar-refractivity contribution in [3.63, 3.8) is 0 Å². The number of hydrogen-bond acceptors (Lipinski definition) is 3. The lowest BCUT2D eigenvalue weighted by Gasteiger charge is -2.21. The summed E-state index contributed by atoms with van der Waals surface area (Å²) in [5.41, 5.74) is 3.86. The third-order valence-corrected chi connectivity index (χ3v) is 4.44. The molecule has 1 aromatic heterocycles. The van der Waals surface area contributed by atoms with Gasteiger partial charge in [0.1, 0.15) is 5.60 Å². The second-order valence-electron chi connectivity index (χ2n) is 6.11. The number of carbonyl (C=O) groups is 1. The number of ether oxygens (including phenoxy) is 1. The molecule has 0 radical (unpaired) electrons. The van der Waals surface area contributed by atoms with Gasteiger partial charge >= 0.3 is 5.97 Å². The van der Waals surface area contributed by atoms with Gasteiger partial charge in [-0.1, -0.05) is 24.3 Å². The number of benzene rings is 1. The third-order valence-electron chi connectivity index (χ3n) is 3.39. The first-order valence-electron chi connectivity index (χ1n) is 6.88. The molecule has 0 atom stereocenters. The van der Waals surface area contributed by atoms with E-state index in [0.717, 1.165) is 18.4 Å². The fourth-order valence-electron chi connectivity index (χ4n) is 2.59. The van der Waals surface area contributed by atoms with Crippen LogP contribution < -0.4 is 0 Å². The maximum absolute atomic E-state index is 12.4. The highest BCUT2D eigenvalue weighted by Crippen LogP contribution is 2.40. The summed E-state index contributed by atoms with van der Waals surface area (Å²) in [6, 6.07) is 8.34. The lowest BCUT2D eigenvalue weighted by molar-refractivity contribution is 0.00710. The molecule has 3 heteroatoms. The van der Waals surface area contributed by atoms with E-state index >= 15 is 0 Å². The molecule has 0 saturated carbocycles. The zero-order valence-corrected chi connectivity index (χ0v) is 12.8. The van der Waals surface area contributed by atoms with E-state index in [4.69, 9.17) is 4.74 Å². The summed E-state index contributed by atoms with van der Waals surface area (Å²) in [5.74, 6) is -0.216. The van der Waals surface area contributed by atoms with E-state index in [-0.39, 0.29) is 5.97 Å². The fraction of sp³-hybridized carbons (Fsp3) is 0.353. The average molecular weight is 286 g/mol. The molecule has 2 nitrogen and oxygen atoms in total. The Morgan fingerprint density at radius 1 is 1.20 bits per heavy atom. The van der Waals surface area contributed by atoms with Crippen molar-refractivity contribution in [3.8, 4) is 11.1 Å². The van der Waals surface area contributed by atoms with Crippen LogP contribution in [-0.2, 0) is 17.6 Å². The molecule has 1 aliphatic rings. The summed E-state index contributed by atoms with van der Waals surface area (Å²) in [5, 5.41) is 1.95. The Morgan fingerprint density at radius 2 is 1.95 bits per heavy atom. The quantitative estimate of drug-likeness (QED) is 0.723. The van der Waals surface area contributed by atoms with Crippen molar-refractivity contribution < 1.29 is 9.53 Å². The molecule has 104 valence electrons. The van der Waals surface area contributed by atoms with Gasteiger partial charge in [-0.15, -0.1) is 11.3 Å². The van der Waals surface area contributed by atoms with E-state index in [9.17, 15) is 4.79 Å². The van der Waals surface area contributed by atoms with Crippen LogP contribution in [0.3, 0.4) is 0 Å². The molecule has 1 heterocycles. The van der Waals surface area contributed by atoms with Crippen molar-refractivity contribution in [2.24, 2.45) is 0 Å². The van der Waals surface area contributed by atoms with Crippen LogP contribution in [0.25, 0.3) is 11.1 Å². The standard InChI is InChI=1S/C17H18O2S/c1-17(2,3)19-16(18)13-10-20-14-9-8-11-6-4-5-7-12(11)15(13)14/h4-7,10H,8-9H2,1-3H3. The number of thiophene rings is 1. The molecule has 1 aliphatic carbocycles. The Kier molecular flexibility index (Phi) is 3.17. The molecule has 0 spiro atoms. The van der Waals surface area contributed by atoms with E-state index < -0.39 is 5.60 Å². The first-order chi connectivity index (χ1) is 9.46. The molecule has 0 N–H and O–H groups in total. The van der Waals surface area contributed by atoms with Gasteiger partial charge in [0.15, 0.2) is 0 Å². The summed E-state index contributed by atoms with van der Waals surface area (Å²) in [6.07, 6.45) is 2.07. The summed E-state index contributed by atoms with van der Waals surface area (Å²) in [4.78, 5) is 13.7. The maximum atomic E-state index is 12.4. The van der Waals surface area contributed by atoms with Crippen LogP contribution in [-0.4, -0.2) is 11.6 Å². The van der Waals surface area contributed by atoms with Gasteiger partial charge in [0, 0.05) is 15.8 Å². The van der Waals surface area contributed by atoms with Gasteiger partial charge in [-0.3, -0.25) is 0 Å². The van der Waals surface area contributed by atoms with Crippen LogP contribution in [0, 0.1) is 0 Å². The second kappa shape index (κ2) is 4.74. The van der Waals surface area contributed by atoms with Crippen LogP contribution in [0.15, 0.2) is 29.6 Å². The minimum atomic E-state index is -0.458. The highest BCUT2D eigenvalue weighted by Gasteiger charge is 2.27. The van der Waals surface area contributed by atoms with Crippen LogP contribution in [0.4, 0.5) is 0 Å². The number of hydrogen-bond donors (Lipinski definition) is 0. The molecule has 0 unspecified atom stereocenters. The van der Waals surface area contributed by atoms with Crippen LogP contribution >= 0.6 is 11.3 Å². The molecule has 0 amide bonds. The number of fused-ring (bicyclic) bond motifs is 3. The average Bonchev–Trinajstić information content (AvgIpc) is 2.81. The van der Waals surface area contributed by atoms with Crippen molar-refractivity contribution in [1.29, 1.82) is 0 Å². The normalized spacial score (nSPS) is 13.6. The van der Waals surface area contributed by atoms with Gasteiger partial charge in [-0.2, -0.15) is 0 Å². The van der Waals surface area contributed by atoms with E-state index in [2.05, 4.69) is 18.2 Å². The molecule has 1 aromatic carbocycles. The zero-order valence-electron chi connectivity index (χ0n) is 12.0. The fourth-order valence-corrected chi connectivity index (χ4v) is 3.62. The second-order valence-corrected chi connectivity index (χ2v) is 7.07. The van der Waals surface area contributed by atoms with Crippen LogP contribution in [0.5, 0.6) is 0 Å². The van der Waals surface area contributed by atoms with E-state index in [1.54, 1.807) is 11.3 Å². The third kappa shape index (κ3) is 2.38. The Labute approximate surface area is 123 Å². The van der Waals surface area contributed by atoms with Crippen molar-refractivity contribution >= 4 is 17.3 Å². The molecular weight excluding hydrogens is 268 g/mol. The highest BCUT2D eigenvalue weighted by atomic mass is 32.1. The molecule has 0 aliphatic heterocycles. The van der Waals surface area contributed by atoms with Crippen molar-refractivity contribution in [1.82, 2.24) is 0 Å². The first kappa shape index (κ1) is 13.4. The number of esters is 1. The van der Waals surface area contributed by atoms with E-state index in [1.807, 2.05) is 32.2 Å². The van der Waals surface area contributed by atoms with Crippen LogP contribution in [0.2, 0.25) is 0 Å². The number of carbonyl (C=O) groups excluding carboxylic acids is 1. The lowest BCUT2D eigenvalue weighted by Crippen LogP contribution is -2.24. The minimum absolute atomic E-state index is 0.216. The van der Waals surface area contributed by atoms with E-state index in [1.165, 1.54) is 16.0 Å². The van der Waals surface area contributed by atoms with Crippen LogP contribution in [0.1, 0.15) is 41.6 Å². The lowest BCUT2D eigenvalue weighted by atomic mass is 9.88. The summed E-state index contributed by atoms with van der Waals surface area (Å²) in [7, 11) is 0. The molecule has 3 rings (SSSR count). The molecule has 0 bridgehead atoms. The molecule has 0 fully saturated rings. The van der Waals surface area contributed by atoms with Crippen molar-refractivity contribution in [2.75, 3.05) is 0 Å². The van der Waals surface area contributed by atoms with Gasteiger partial charge in [0.25, 0.3) is 0 Å². The smallest absolute Gasteiger partial charge is 0.340 e. The predicted octanol–water partition coefficient (Wildman–Crippen LogP) is 4.47. The summed E-state index contributed by atoms with van der Waals surface area (Å²) >= 11 is 1.67. The minimum Gasteiger partial charge on any atom is -0.456 e. The zero-order chi connectivity index (χ0) is 14.3. The number of rotatable bonds is 1. The topological polar surface area (TPSA) is 26.3 Å². The number of aryl methyl sites for hydroxylation is 2. The van der Waals surface area contributed by atoms with Crippen molar-refractivity contribution in [3.05, 3.63) is 45.6 Å². The predicted molar refractivity (Wildman–Crippen MR) is 82.3 cm³/mol. The van der Waals surface area contributed by atoms with Gasteiger partial charge in [0.05, 0.1) is 5.56 Å². The monoisotopic (exact) mass is 286 g/mol. The summed E-state index contributed by atoms with van der Waals surface area (Å²) < 4.78 is 5.53. The molecular formula is C17H18O2S. The molecule has 20 heavy (non-hydrogen) atoms. The Hall–Kier alpha value is -1.61. The van der Waals surface area contributed by atoms with Gasteiger partial charge in [0.2, 0.25) is 0 Å².